The topological polar surface area (TPSA) is 129 Å². The molecule has 0 saturated heterocycles. The van der Waals surface area contributed by atoms with Gasteiger partial charge < -0.3 is 26.0 Å². The maximum atomic E-state index is 12.1. The normalized spacial score (nSPS) is 12.0. The number of amidine groups is 1. The molecule has 2 aromatic carbocycles. The predicted octanol–water partition coefficient (Wildman–Crippen LogP) is 3.35. The van der Waals surface area contributed by atoms with E-state index in [1.165, 1.54) is 5.54 Å². The lowest BCUT2D eigenvalue weighted by Gasteiger charge is -2.22. The fourth-order valence-corrected chi connectivity index (χ4v) is 2.98. The van der Waals surface area contributed by atoms with Gasteiger partial charge in [0.15, 0.2) is 6.04 Å². The Morgan fingerprint density at radius 2 is 2.03 bits per heavy atom. The van der Waals surface area contributed by atoms with Crippen molar-refractivity contribution in [1.82, 2.24) is 0 Å². The number of hydrogen-bond acceptors (Lipinski definition) is 5. The van der Waals surface area contributed by atoms with Crippen LogP contribution in [0.4, 0.5) is 5.69 Å². The summed E-state index contributed by atoms with van der Waals surface area (Å²) >= 11 is 5.76. The Morgan fingerprint density at radius 1 is 1.34 bits per heavy atom. The Kier molecular flexibility index (Phi) is 8.06. The third-order valence-electron chi connectivity index (χ3n) is 4.26. The number of nitrogens with two attached hydrogens (primary N) is 1. The van der Waals surface area contributed by atoms with Crippen LogP contribution >= 0.6 is 11.6 Å². The van der Waals surface area contributed by atoms with E-state index in [4.69, 9.17) is 32.6 Å². The Morgan fingerprint density at radius 3 is 2.55 bits per heavy atom. The number of hydrogen-bond donors (Lipinski definition) is 5. The number of halogens is 1. The van der Waals surface area contributed by atoms with E-state index in [0.29, 0.717) is 34.5 Å². The smallest absolute Gasteiger partial charge is 0.330 e. The summed E-state index contributed by atoms with van der Waals surface area (Å²) in [6.07, 6.45) is 2.31. The van der Waals surface area contributed by atoms with E-state index in [2.05, 4.69) is 5.32 Å². The highest BCUT2D eigenvalue weighted by Crippen LogP contribution is 2.34. The van der Waals surface area contributed by atoms with Gasteiger partial charge in [-0.15, -0.1) is 0 Å². The lowest BCUT2D eigenvalue weighted by Crippen LogP contribution is -2.22. The second kappa shape index (κ2) is 10.5. The summed E-state index contributed by atoms with van der Waals surface area (Å²) in [5.74, 6) is -0.823. The molecule has 0 heterocycles. The molecule has 29 heavy (non-hydrogen) atoms. The van der Waals surface area contributed by atoms with E-state index < -0.39 is 12.0 Å². The fraction of sp³-hybridized carbons (Fsp3) is 0.238. The molecule has 0 saturated carbocycles. The molecule has 154 valence electrons. The van der Waals surface area contributed by atoms with Crippen molar-refractivity contribution in [1.29, 1.82) is 5.41 Å². The molecule has 1 unspecified atom stereocenters. The van der Waals surface area contributed by atoms with Crippen LogP contribution in [0.3, 0.4) is 0 Å². The van der Waals surface area contributed by atoms with Crippen molar-refractivity contribution in [3.8, 4) is 5.75 Å². The Balaban J connectivity index is 2.53. The van der Waals surface area contributed by atoms with Crippen molar-refractivity contribution < 1.29 is 19.7 Å². The van der Waals surface area contributed by atoms with Crippen LogP contribution in [0.2, 0.25) is 0 Å². The number of nitrogen functional groups attached to an aromatic ring is 1. The van der Waals surface area contributed by atoms with Crippen LogP contribution < -0.4 is 15.8 Å². The Labute approximate surface area is 174 Å². The zero-order valence-corrected chi connectivity index (χ0v) is 16.7. The molecule has 2 aromatic rings. The summed E-state index contributed by atoms with van der Waals surface area (Å²) in [7, 11) is 0. The first-order valence-corrected chi connectivity index (χ1v) is 9.45. The zero-order chi connectivity index (χ0) is 21.4. The maximum Gasteiger partial charge on any atom is 0.330 e. The first kappa shape index (κ1) is 22.3. The van der Waals surface area contributed by atoms with E-state index in [9.17, 15) is 9.90 Å². The van der Waals surface area contributed by atoms with Crippen LogP contribution in [0, 0.1) is 5.41 Å². The average Bonchev–Trinajstić information content (AvgIpc) is 2.71. The van der Waals surface area contributed by atoms with Crippen LogP contribution in [0.5, 0.6) is 5.75 Å². The number of aryl methyl sites for hydroxylation is 1. The largest absolute Gasteiger partial charge is 0.490 e. The van der Waals surface area contributed by atoms with Crippen molar-refractivity contribution in [2.75, 3.05) is 18.5 Å². The lowest BCUT2D eigenvalue weighted by atomic mass is 9.96. The third-order valence-corrected chi connectivity index (χ3v) is 4.39. The minimum absolute atomic E-state index is 0.0151. The molecule has 0 amide bonds. The minimum atomic E-state index is -1.11. The maximum absolute atomic E-state index is 12.1. The highest BCUT2D eigenvalue weighted by Gasteiger charge is 2.26. The lowest BCUT2D eigenvalue weighted by molar-refractivity contribution is -0.138. The quantitative estimate of drug-likeness (QED) is 0.298. The predicted molar refractivity (Wildman–Crippen MR) is 115 cm³/mol. The standard InChI is InChI=1S/C21H24ClN3O4/c1-2-13-11-15(7-8-22)19(29-10-9-26)17(12-13)18(21(27)28)25-16-5-3-14(4-6-16)20(23)24/h3-8,11-12,18,25-26H,2,9-10H2,1H3,(H3,23,24)(H,27,28). The highest BCUT2D eigenvalue weighted by atomic mass is 35.5. The molecule has 0 aliphatic carbocycles. The van der Waals surface area contributed by atoms with E-state index in [0.717, 1.165) is 5.56 Å². The molecule has 0 aliphatic rings. The number of carboxylic acid groups (broad SMARTS) is 1. The van der Waals surface area contributed by atoms with Gasteiger partial charge in [-0.3, -0.25) is 5.41 Å². The second-order valence-corrected chi connectivity index (χ2v) is 6.48. The van der Waals surface area contributed by atoms with Crippen LogP contribution in [0.25, 0.3) is 6.08 Å². The van der Waals surface area contributed by atoms with Gasteiger partial charge in [0, 0.05) is 27.9 Å². The van der Waals surface area contributed by atoms with E-state index in [-0.39, 0.29) is 19.0 Å². The molecule has 0 fully saturated rings. The molecule has 0 aromatic heterocycles. The number of nitrogens with one attached hydrogen (secondary N) is 2. The van der Waals surface area contributed by atoms with Crippen LogP contribution in [-0.2, 0) is 11.2 Å². The van der Waals surface area contributed by atoms with Crippen molar-refractivity contribution in [2.45, 2.75) is 19.4 Å². The number of carboxylic acids is 1. The van der Waals surface area contributed by atoms with E-state index >= 15 is 0 Å². The van der Waals surface area contributed by atoms with Crippen molar-refractivity contribution in [3.05, 3.63) is 64.2 Å². The van der Waals surface area contributed by atoms with Gasteiger partial charge in [0.05, 0.1) is 6.61 Å². The Bertz CT molecular complexity index is 898. The molecule has 0 bridgehead atoms. The highest BCUT2D eigenvalue weighted by molar-refractivity contribution is 6.27. The fourth-order valence-electron chi connectivity index (χ4n) is 2.85. The number of rotatable bonds is 10. The summed E-state index contributed by atoms with van der Waals surface area (Å²) in [5.41, 5.74) is 9.84. The van der Waals surface area contributed by atoms with Crippen molar-refractivity contribution >= 4 is 35.2 Å². The van der Waals surface area contributed by atoms with Crippen LogP contribution in [-0.4, -0.2) is 35.2 Å². The third kappa shape index (κ3) is 5.73. The van der Waals surface area contributed by atoms with E-state index in [1.54, 1.807) is 36.4 Å². The van der Waals surface area contributed by atoms with Gasteiger partial charge in [-0.05, 0) is 54.5 Å². The summed E-state index contributed by atoms with van der Waals surface area (Å²) < 4.78 is 5.68. The minimum Gasteiger partial charge on any atom is -0.490 e. The molecule has 0 aliphatic heterocycles. The Hall–Kier alpha value is -3.03. The number of aliphatic hydroxyl groups excluding tert-OH is 1. The summed E-state index contributed by atoms with van der Waals surface area (Å²) in [4.78, 5) is 12.1. The van der Waals surface area contributed by atoms with Gasteiger partial charge in [0.2, 0.25) is 0 Å². The first-order chi connectivity index (χ1) is 13.9. The zero-order valence-electron chi connectivity index (χ0n) is 16.0. The summed E-state index contributed by atoms with van der Waals surface area (Å²) in [6.45, 7) is 1.77. The molecule has 2 rings (SSSR count). The monoisotopic (exact) mass is 417 g/mol. The number of carbonyl (C=O) groups is 1. The summed E-state index contributed by atoms with van der Waals surface area (Å²) in [5, 5.41) is 29.5. The van der Waals surface area contributed by atoms with Crippen LogP contribution in [0.15, 0.2) is 41.9 Å². The molecular formula is C21H24ClN3O4. The van der Waals surface area contributed by atoms with Gasteiger partial charge in [-0.2, -0.15) is 0 Å². The molecule has 7 nitrogen and oxygen atoms in total. The van der Waals surface area contributed by atoms with Crippen molar-refractivity contribution in [3.63, 3.8) is 0 Å². The second-order valence-electron chi connectivity index (χ2n) is 6.23. The number of aliphatic carboxylic acids is 1. The SMILES string of the molecule is CCc1cc(C=CCl)c(OCCO)c(C(Nc2ccc(C(=N)N)cc2)C(=O)O)c1. The average molecular weight is 418 g/mol. The molecule has 6 N–H and O–H groups in total. The summed E-state index contributed by atoms with van der Waals surface area (Å²) in [6, 6.07) is 9.12. The molecule has 8 heteroatoms. The molecule has 0 spiro atoms. The molecule has 1 atom stereocenters. The van der Waals surface area contributed by atoms with Gasteiger partial charge in [0.25, 0.3) is 0 Å². The van der Waals surface area contributed by atoms with Gasteiger partial charge in [-0.1, -0.05) is 18.5 Å². The van der Waals surface area contributed by atoms with Gasteiger partial charge in [0.1, 0.15) is 18.2 Å². The number of aliphatic hydroxyl groups is 1. The number of ether oxygens (including phenoxy) is 1. The van der Waals surface area contributed by atoms with E-state index in [1.807, 2.05) is 13.0 Å². The van der Waals surface area contributed by atoms with Crippen molar-refractivity contribution in [2.24, 2.45) is 5.73 Å². The number of anilines is 1. The number of benzene rings is 2. The molecule has 0 radical (unpaired) electrons. The van der Waals surface area contributed by atoms with Crippen LogP contribution in [0.1, 0.15) is 35.2 Å². The molecular weight excluding hydrogens is 394 g/mol. The first-order valence-electron chi connectivity index (χ1n) is 9.02. The van der Waals surface area contributed by atoms with Gasteiger partial charge in [-0.25, -0.2) is 4.79 Å². The van der Waals surface area contributed by atoms with Gasteiger partial charge >= 0.3 is 5.97 Å².